The predicted octanol–water partition coefficient (Wildman–Crippen LogP) is 4.44. The Labute approximate surface area is 199 Å². The van der Waals surface area contributed by atoms with E-state index in [0.29, 0.717) is 34.4 Å². The third-order valence-corrected chi connectivity index (χ3v) is 7.21. The van der Waals surface area contributed by atoms with Crippen LogP contribution in [0.3, 0.4) is 0 Å². The van der Waals surface area contributed by atoms with Gasteiger partial charge >= 0.3 is 0 Å². The number of hydrogen-bond donors (Lipinski definition) is 0. The highest BCUT2D eigenvalue weighted by atomic mass is 32.2. The van der Waals surface area contributed by atoms with E-state index in [1.165, 1.54) is 11.8 Å². The van der Waals surface area contributed by atoms with Crippen molar-refractivity contribution in [3.05, 3.63) is 64.4 Å². The number of aromatic nitrogens is 2. The van der Waals surface area contributed by atoms with Gasteiger partial charge in [-0.25, -0.2) is 4.98 Å². The molecule has 0 bridgehead atoms. The van der Waals surface area contributed by atoms with Gasteiger partial charge in [-0.1, -0.05) is 49.9 Å². The molecule has 1 saturated heterocycles. The summed E-state index contributed by atoms with van der Waals surface area (Å²) in [4.78, 5) is 33.4. The lowest BCUT2D eigenvalue weighted by Gasteiger charge is -2.36. The summed E-state index contributed by atoms with van der Waals surface area (Å²) in [5.74, 6) is 1.88. The normalized spacial score (nSPS) is 19.5. The van der Waals surface area contributed by atoms with E-state index in [9.17, 15) is 9.59 Å². The van der Waals surface area contributed by atoms with Gasteiger partial charge in [0, 0.05) is 13.1 Å². The van der Waals surface area contributed by atoms with Gasteiger partial charge in [0.15, 0.2) is 5.16 Å². The molecular weight excluding hydrogens is 434 g/mol. The zero-order chi connectivity index (χ0) is 23.5. The summed E-state index contributed by atoms with van der Waals surface area (Å²) in [5.41, 5.74) is 1.52. The molecule has 3 aromatic rings. The van der Waals surface area contributed by atoms with E-state index >= 15 is 0 Å². The number of amides is 1. The molecule has 0 saturated carbocycles. The van der Waals surface area contributed by atoms with Crippen molar-refractivity contribution in [3.63, 3.8) is 0 Å². The molecule has 6 nitrogen and oxygen atoms in total. The third kappa shape index (κ3) is 5.24. The molecule has 0 radical (unpaired) electrons. The average Bonchev–Trinajstić information content (AvgIpc) is 2.80. The number of thioether (sulfide) groups is 1. The van der Waals surface area contributed by atoms with Gasteiger partial charge in [-0.2, -0.15) is 0 Å². The lowest BCUT2D eigenvalue weighted by atomic mass is 9.92. The van der Waals surface area contributed by atoms with Gasteiger partial charge in [0.1, 0.15) is 5.75 Å². The number of fused-ring (bicyclic) bond motifs is 1. The number of likely N-dealkylation sites (tertiary alicyclic amines) is 1. The molecule has 1 amide bonds. The first-order valence-corrected chi connectivity index (χ1v) is 12.3. The van der Waals surface area contributed by atoms with Crippen molar-refractivity contribution in [2.45, 2.75) is 44.1 Å². The van der Waals surface area contributed by atoms with Crippen LogP contribution in [0.15, 0.2) is 58.5 Å². The van der Waals surface area contributed by atoms with Crippen molar-refractivity contribution in [1.29, 1.82) is 0 Å². The molecule has 1 aromatic heterocycles. The molecule has 0 aliphatic carbocycles. The largest absolute Gasteiger partial charge is 0.497 e. The number of piperidine rings is 1. The van der Waals surface area contributed by atoms with Crippen molar-refractivity contribution in [1.82, 2.24) is 14.5 Å². The first-order valence-electron chi connectivity index (χ1n) is 11.4. The number of hydrogen-bond acceptors (Lipinski definition) is 5. The molecule has 33 heavy (non-hydrogen) atoms. The Balaban J connectivity index is 1.65. The molecule has 7 heteroatoms. The van der Waals surface area contributed by atoms with Crippen molar-refractivity contribution in [3.8, 4) is 5.75 Å². The number of rotatable bonds is 6. The van der Waals surface area contributed by atoms with Crippen LogP contribution in [0.5, 0.6) is 5.75 Å². The molecule has 0 spiro atoms. The minimum absolute atomic E-state index is 0.0983. The second-order valence-electron chi connectivity index (χ2n) is 9.10. The van der Waals surface area contributed by atoms with Crippen molar-refractivity contribution in [2.24, 2.45) is 11.8 Å². The number of para-hydroxylation sites is 1. The number of benzene rings is 2. The molecule has 1 fully saturated rings. The monoisotopic (exact) mass is 465 g/mol. The summed E-state index contributed by atoms with van der Waals surface area (Å²) in [6.07, 6.45) is 1.15. The molecular formula is C26H31N3O3S. The average molecular weight is 466 g/mol. The van der Waals surface area contributed by atoms with E-state index in [1.807, 2.05) is 54.3 Å². The highest BCUT2D eigenvalue weighted by molar-refractivity contribution is 8.00. The van der Waals surface area contributed by atoms with Gasteiger partial charge in [-0.3, -0.25) is 14.2 Å². The van der Waals surface area contributed by atoms with Crippen LogP contribution in [0.2, 0.25) is 0 Å². The molecule has 0 N–H and O–H groups in total. The molecule has 3 unspecified atom stereocenters. The van der Waals surface area contributed by atoms with E-state index in [2.05, 4.69) is 13.8 Å². The molecule has 2 aromatic carbocycles. The molecule has 174 valence electrons. The van der Waals surface area contributed by atoms with Gasteiger partial charge in [0.2, 0.25) is 5.91 Å². The highest BCUT2D eigenvalue weighted by Crippen LogP contribution is 2.28. The van der Waals surface area contributed by atoms with E-state index in [1.54, 1.807) is 17.7 Å². The van der Waals surface area contributed by atoms with Crippen molar-refractivity contribution >= 4 is 28.6 Å². The maximum absolute atomic E-state index is 13.4. The topological polar surface area (TPSA) is 64.4 Å². The Kier molecular flexibility index (Phi) is 7.08. The molecule has 4 rings (SSSR count). The van der Waals surface area contributed by atoms with E-state index < -0.39 is 0 Å². The summed E-state index contributed by atoms with van der Waals surface area (Å²) in [7, 11) is 1.63. The smallest absolute Gasteiger partial charge is 0.262 e. The highest BCUT2D eigenvalue weighted by Gasteiger charge is 2.29. The van der Waals surface area contributed by atoms with E-state index in [-0.39, 0.29) is 16.7 Å². The summed E-state index contributed by atoms with van der Waals surface area (Å²) < 4.78 is 6.93. The summed E-state index contributed by atoms with van der Waals surface area (Å²) in [5, 5.41) is 0.805. The standard InChI is InChI=1S/C26H31N3O3S/c1-17-13-18(2)15-28(14-17)24(30)19(3)33-26-27-23-8-6-5-7-22(23)25(31)29(26)16-20-9-11-21(32-4)12-10-20/h5-12,17-19H,13-16H2,1-4H3. The van der Waals surface area contributed by atoms with Crippen LogP contribution >= 0.6 is 11.8 Å². The lowest BCUT2D eigenvalue weighted by molar-refractivity contribution is -0.132. The Hall–Kier alpha value is -2.80. The molecule has 1 aliphatic heterocycles. The summed E-state index contributed by atoms with van der Waals surface area (Å²) in [6.45, 7) is 8.27. The number of carbonyl (C=O) groups is 1. The van der Waals surface area contributed by atoms with Gasteiger partial charge in [0.05, 0.1) is 29.8 Å². The first-order chi connectivity index (χ1) is 15.9. The van der Waals surface area contributed by atoms with Crippen LogP contribution in [0, 0.1) is 11.8 Å². The number of methoxy groups -OCH3 is 1. The van der Waals surface area contributed by atoms with E-state index in [0.717, 1.165) is 30.8 Å². The Morgan fingerprint density at radius 1 is 1.12 bits per heavy atom. The SMILES string of the molecule is COc1ccc(Cn2c(SC(C)C(=O)N3CC(C)CC(C)C3)nc3ccccc3c2=O)cc1. The number of nitrogens with zero attached hydrogens (tertiary/aromatic N) is 3. The van der Waals surface area contributed by atoms with Crippen LogP contribution in [0.25, 0.3) is 10.9 Å². The van der Waals surface area contributed by atoms with Crippen LogP contribution in [0.4, 0.5) is 0 Å². The summed E-state index contributed by atoms with van der Waals surface area (Å²) >= 11 is 1.37. The fourth-order valence-corrected chi connectivity index (χ4v) is 5.59. The Morgan fingerprint density at radius 3 is 2.45 bits per heavy atom. The second-order valence-corrected chi connectivity index (χ2v) is 10.4. The van der Waals surface area contributed by atoms with Gasteiger partial charge in [0.25, 0.3) is 5.56 Å². The third-order valence-electron chi connectivity index (χ3n) is 6.14. The predicted molar refractivity (Wildman–Crippen MR) is 133 cm³/mol. The van der Waals surface area contributed by atoms with Crippen LogP contribution in [-0.4, -0.2) is 45.8 Å². The minimum Gasteiger partial charge on any atom is -0.497 e. The number of carbonyl (C=O) groups excluding carboxylic acids is 1. The maximum Gasteiger partial charge on any atom is 0.262 e. The Bertz CT molecular complexity index is 1180. The minimum atomic E-state index is -0.335. The van der Waals surface area contributed by atoms with Crippen molar-refractivity contribution < 1.29 is 9.53 Å². The van der Waals surface area contributed by atoms with Gasteiger partial charge in [-0.05, 0) is 55.0 Å². The second kappa shape index (κ2) is 10.00. The maximum atomic E-state index is 13.4. The molecule has 1 aliphatic rings. The van der Waals surface area contributed by atoms with Crippen LogP contribution < -0.4 is 10.3 Å². The zero-order valence-electron chi connectivity index (χ0n) is 19.7. The lowest BCUT2D eigenvalue weighted by Crippen LogP contribution is -2.45. The van der Waals surface area contributed by atoms with Crippen LogP contribution in [-0.2, 0) is 11.3 Å². The van der Waals surface area contributed by atoms with Gasteiger partial charge in [-0.15, -0.1) is 0 Å². The van der Waals surface area contributed by atoms with E-state index in [4.69, 9.17) is 9.72 Å². The quantitative estimate of drug-likeness (QED) is 0.398. The molecule has 2 heterocycles. The van der Waals surface area contributed by atoms with Gasteiger partial charge < -0.3 is 9.64 Å². The number of ether oxygens (including phenoxy) is 1. The fourth-order valence-electron chi connectivity index (χ4n) is 4.60. The Morgan fingerprint density at radius 2 is 1.79 bits per heavy atom. The fraction of sp³-hybridized carbons (Fsp3) is 0.423. The van der Waals surface area contributed by atoms with Crippen molar-refractivity contribution in [2.75, 3.05) is 20.2 Å². The summed E-state index contributed by atoms with van der Waals surface area (Å²) in [6, 6.07) is 15.0. The molecule has 3 atom stereocenters. The zero-order valence-corrected chi connectivity index (χ0v) is 20.5. The van der Waals surface area contributed by atoms with Crippen LogP contribution in [0.1, 0.15) is 32.8 Å². The first kappa shape index (κ1) is 23.4.